The summed E-state index contributed by atoms with van der Waals surface area (Å²) in [6.07, 6.45) is 0.978. The Bertz CT molecular complexity index is 1080. The van der Waals surface area contributed by atoms with E-state index in [0.29, 0.717) is 23.8 Å². The fraction of sp³-hybridized carbons (Fsp3) is 0.348. The van der Waals surface area contributed by atoms with E-state index >= 15 is 0 Å². The smallest absolute Gasteiger partial charge is 0.350 e. The maximum Gasteiger partial charge on any atom is 0.350 e. The molecule has 0 aliphatic rings. The van der Waals surface area contributed by atoms with Gasteiger partial charge in [0.2, 0.25) is 5.91 Å². The first-order valence-corrected chi connectivity index (χ1v) is 10.1. The Morgan fingerprint density at radius 2 is 1.97 bits per heavy atom. The summed E-state index contributed by atoms with van der Waals surface area (Å²) in [6.45, 7) is 5.29. The molecule has 30 heavy (non-hydrogen) atoms. The van der Waals surface area contributed by atoms with Gasteiger partial charge in [-0.2, -0.15) is 4.98 Å². The Morgan fingerprint density at radius 1 is 1.17 bits per heavy atom. The van der Waals surface area contributed by atoms with Crippen LogP contribution in [0.3, 0.4) is 0 Å². The number of rotatable bonds is 9. The molecule has 0 fully saturated rings. The van der Waals surface area contributed by atoms with Gasteiger partial charge < -0.3 is 15.4 Å². The van der Waals surface area contributed by atoms with E-state index in [9.17, 15) is 9.59 Å². The molecule has 0 saturated heterocycles. The van der Waals surface area contributed by atoms with E-state index < -0.39 is 5.69 Å². The molecule has 158 valence electrons. The van der Waals surface area contributed by atoms with Crippen molar-refractivity contribution in [2.75, 3.05) is 19.0 Å². The summed E-state index contributed by atoms with van der Waals surface area (Å²) in [5, 5.41) is 6.94. The number of carbonyl (C=O) groups excluding carboxylic acids is 1. The molecule has 2 aromatic carbocycles. The van der Waals surface area contributed by atoms with Crippen molar-refractivity contribution in [1.82, 2.24) is 14.9 Å². The van der Waals surface area contributed by atoms with E-state index in [1.54, 1.807) is 7.11 Å². The van der Waals surface area contributed by atoms with Crippen molar-refractivity contribution in [3.05, 3.63) is 64.6 Å². The summed E-state index contributed by atoms with van der Waals surface area (Å²) in [6, 6.07) is 15.0. The van der Waals surface area contributed by atoms with Crippen LogP contribution < -0.4 is 21.1 Å². The van der Waals surface area contributed by atoms with Crippen LogP contribution in [0.4, 0.5) is 5.82 Å². The van der Waals surface area contributed by atoms with Gasteiger partial charge in [0, 0.05) is 18.5 Å². The second kappa shape index (κ2) is 9.91. The number of carbonyl (C=O) groups is 1. The van der Waals surface area contributed by atoms with Crippen molar-refractivity contribution in [1.29, 1.82) is 0 Å². The molecule has 0 atom stereocenters. The Balaban J connectivity index is 1.76. The minimum Gasteiger partial charge on any atom is -0.497 e. The van der Waals surface area contributed by atoms with Gasteiger partial charge in [-0.3, -0.25) is 9.36 Å². The van der Waals surface area contributed by atoms with Crippen LogP contribution in [-0.4, -0.2) is 29.1 Å². The number of ether oxygens (including phenoxy) is 1. The van der Waals surface area contributed by atoms with Crippen LogP contribution in [0.2, 0.25) is 0 Å². The normalized spacial score (nSPS) is 10.9. The molecule has 0 radical (unpaired) electrons. The Morgan fingerprint density at radius 3 is 2.73 bits per heavy atom. The standard InChI is InChI=1S/C23H28N4O3/c1-16(2)11-12-24-22-19-9-4-5-10-20(19)27(23(29)26-22)15-21(28)25-14-17-7-6-8-18(13-17)30-3/h4-10,13,16H,11-12,14-15H2,1-3H3,(H,25,28)(H,24,26,29). The number of hydrogen-bond acceptors (Lipinski definition) is 5. The van der Waals surface area contributed by atoms with Gasteiger partial charge >= 0.3 is 5.69 Å². The Hall–Kier alpha value is -3.35. The zero-order valence-corrected chi connectivity index (χ0v) is 17.6. The molecule has 1 aromatic heterocycles. The summed E-state index contributed by atoms with van der Waals surface area (Å²) < 4.78 is 6.61. The van der Waals surface area contributed by atoms with Gasteiger partial charge in [0.15, 0.2) is 0 Å². The van der Waals surface area contributed by atoms with E-state index in [1.165, 1.54) is 4.57 Å². The molecule has 1 heterocycles. The number of benzene rings is 2. The number of para-hydroxylation sites is 1. The number of aromatic nitrogens is 2. The average molecular weight is 409 g/mol. The molecule has 1 amide bonds. The first-order chi connectivity index (χ1) is 14.5. The molecule has 7 heteroatoms. The Labute approximate surface area is 176 Å². The van der Waals surface area contributed by atoms with E-state index in [4.69, 9.17) is 4.74 Å². The quantitative estimate of drug-likeness (QED) is 0.568. The van der Waals surface area contributed by atoms with Crippen LogP contribution in [-0.2, 0) is 17.9 Å². The number of amides is 1. The van der Waals surface area contributed by atoms with Gasteiger partial charge in [0.25, 0.3) is 0 Å². The third-order valence-electron chi connectivity index (χ3n) is 4.83. The molecule has 0 unspecified atom stereocenters. The third-order valence-corrected chi connectivity index (χ3v) is 4.83. The summed E-state index contributed by atoms with van der Waals surface area (Å²) in [4.78, 5) is 29.4. The van der Waals surface area contributed by atoms with E-state index in [0.717, 1.165) is 29.7 Å². The van der Waals surface area contributed by atoms with Crippen LogP contribution in [0.1, 0.15) is 25.8 Å². The summed E-state index contributed by atoms with van der Waals surface area (Å²) in [7, 11) is 1.60. The van der Waals surface area contributed by atoms with Gasteiger partial charge in [-0.1, -0.05) is 38.1 Å². The Kier molecular flexibility index (Phi) is 7.06. The zero-order chi connectivity index (χ0) is 21.5. The topological polar surface area (TPSA) is 85.2 Å². The SMILES string of the molecule is COc1cccc(CNC(=O)Cn2c(=O)nc(NCCC(C)C)c3ccccc32)c1. The summed E-state index contributed by atoms with van der Waals surface area (Å²) >= 11 is 0. The minimum atomic E-state index is -0.447. The van der Waals surface area contributed by atoms with Crippen molar-refractivity contribution >= 4 is 22.6 Å². The number of fused-ring (bicyclic) bond motifs is 1. The molecule has 0 spiro atoms. The van der Waals surface area contributed by atoms with Crippen molar-refractivity contribution in [3.63, 3.8) is 0 Å². The van der Waals surface area contributed by atoms with Gasteiger partial charge in [0.05, 0.1) is 12.6 Å². The molecule has 3 rings (SSSR count). The van der Waals surface area contributed by atoms with Gasteiger partial charge in [-0.15, -0.1) is 0 Å². The van der Waals surface area contributed by atoms with Crippen molar-refractivity contribution in [2.24, 2.45) is 5.92 Å². The first-order valence-electron chi connectivity index (χ1n) is 10.1. The lowest BCUT2D eigenvalue weighted by atomic mass is 10.1. The van der Waals surface area contributed by atoms with Gasteiger partial charge in [0.1, 0.15) is 18.1 Å². The lowest BCUT2D eigenvalue weighted by molar-refractivity contribution is -0.121. The monoisotopic (exact) mass is 408 g/mol. The average Bonchev–Trinajstić information content (AvgIpc) is 2.74. The highest BCUT2D eigenvalue weighted by Gasteiger charge is 2.13. The van der Waals surface area contributed by atoms with Crippen LogP contribution in [0.15, 0.2) is 53.3 Å². The van der Waals surface area contributed by atoms with Gasteiger partial charge in [-0.25, -0.2) is 4.79 Å². The van der Waals surface area contributed by atoms with Gasteiger partial charge in [-0.05, 0) is 42.2 Å². The second-order valence-electron chi connectivity index (χ2n) is 7.58. The summed E-state index contributed by atoms with van der Waals surface area (Å²) in [5.41, 5.74) is 1.15. The molecule has 0 saturated carbocycles. The highest BCUT2D eigenvalue weighted by molar-refractivity contribution is 5.90. The molecular weight excluding hydrogens is 380 g/mol. The molecule has 2 N–H and O–H groups in total. The zero-order valence-electron chi connectivity index (χ0n) is 17.6. The predicted octanol–water partition coefficient (Wildman–Crippen LogP) is 3.18. The van der Waals surface area contributed by atoms with Crippen molar-refractivity contribution < 1.29 is 9.53 Å². The minimum absolute atomic E-state index is 0.0947. The van der Waals surface area contributed by atoms with E-state index in [1.807, 2.05) is 48.5 Å². The number of anilines is 1. The molecule has 0 aliphatic heterocycles. The lowest BCUT2D eigenvalue weighted by Crippen LogP contribution is -2.33. The number of methoxy groups -OCH3 is 1. The fourth-order valence-corrected chi connectivity index (χ4v) is 3.18. The number of nitrogens with zero attached hydrogens (tertiary/aromatic N) is 2. The highest BCUT2D eigenvalue weighted by Crippen LogP contribution is 2.19. The van der Waals surface area contributed by atoms with Crippen molar-refractivity contribution in [2.45, 2.75) is 33.4 Å². The van der Waals surface area contributed by atoms with Crippen LogP contribution in [0, 0.1) is 5.92 Å². The number of hydrogen-bond donors (Lipinski definition) is 2. The molecule has 3 aromatic rings. The maximum atomic E-state index is 12.7. The van der Waals surface area contributed by atoms with E-state index in [2.05, 4.69) is 29.5 Å². The van der Waals surface area contributed by atoms with Crippen LogP contribution >= 0.6 is 0 Å². The maximum absolute atomic E-state index is 12.7. The highest BCUT2D eigenvalue weighted by atomic mass is 16.5. The summed E-state index contributed by atoms with van der Waals surface area (Å²) in [5.74, 6) is 1.59. The lowest BCUT2D eigenvalue weighted by Gasteiger charge is -2.14. The fourth-order valence-electron chi connectivity index (χ4n) is 3.18. The molecular formula is C23H28N4O3. The van der Waals surface area contributed by atoms with Crippen LogP contribution in [0.25, 0.3) is 10.9 Å². The first kappa shape index (κ1) is 21.4. The molecule has 0 aliphatic carbocycles. The predicted molar refractivity (Wildman–Crippen MR) is 119 cm³/mol. The second-order valence-corrected chi connectivity index (χ2v) is 7.58. The third kappa shape index (κ3) is 5.37. The molecule has 0 bridgehead atoms. The van der Waals surface area contributed by atoms with Crippen LogP contribution in [0.5, 0.6) is 5.75 Å². The van der Waals surface area contributed by atoms with E-state index in [-0.39, 0.29) is 12.5 Å². The molecule has 7 nitrogen and oxygen atoms in total. The largest absolute Gasteiger partial charge is 0.497 e. The number of nitrogens with one attached hydrogen (secondary N) is 2. The van der Waals surface area contributed by atoms with Crippen molar-refractivity contribution in [3.8, 4) is 5.75 Å².